The summed E-state index contributed by atoms with van der Waals surface area (Å²) >= 11 is 6.64. The number of anilines is 2. The molecule has 1 fully saturated rings. The smallest absolute Gasteiger partial charge is 0.273 e. The molecule has 1 unspecified atom stereocenters. The van der Waals surface area contributed by atoms with Crippen LogP contribution in [0.3, 0.4) is 0 Å². The van der Waals surface area contributed by atoms with Gasteiger partial charge in [-0.15, -0.1) is 0 Å². The van der Waals surface area contributed by atoms with E-state index in [1.54, 1.807) is 73.1 Å². The van der Waals surface area contributed by atoms with Crippen LogP contribution in [0.1, 0.15) is 11.1 Å². The number of benzene rings is 3. The number of aromatic nitrogens is 2. The maximum absolute atomic E-state index is 15.4. The normalized spacial score (nSPS) is 18.5. The second-order valence-electron chi connectivity index (χ2n) is 11.0. The van der Waals surface area contributed by atoms with Gasteiger partial charge in [-0.2, -0.15) is 0 Å². The van der Waals surface area contributed by atoms with Crippen molar-refractivity contribution in [3.63, 3.8) is 0 Å². The lowest BCUT2D eigenvalue weighted by Gasteiger charge is -2.46. The molecule has 10 nitrogen and oxygen atoms in total. The lowest BCUT2D eigenvalue weighted by Crippen LogP contribution is -2.60. The van der Waals surface area contributed by atoms with Crippen molar-refractivity contribution < 1.29 is 22.7 Å². The van der Waals surface area contributed by atoms with E-state index in [0.717, 1.165) is 9.99 Å². The molecule has 2 aliphatic heterocycles. The van der Waals surface area contributed by atoms with E-state index in [1.165, 1.54) is 26.5 Å². The van der Waals surface area contributed by atoms with Crippen LogP contribution in [-0.2, 0) is 20.4 Å². The molecule has 0 saturated carbocycles. The average Bonchev–Trinajstić information content (AvgIpc) is 3.36. The molecule has 0 spiro atoms. The van der Waals surface area contributed by atoms with Gasteiger partial charge in [-0.3, -0.25) is 19.7 Å². The van der Waals surface area contributed by atoms with Gasteiger partial charge in [0.2, 0.25) is 0 Å². The number of para-hydroxylation sites is 2. The maximum atomic E-state index is 15.4. The maximum Gasteiger partial charge on any atom is 0.273 e. The number of carbonyl (C=O) groups is 1. The molecule has 4 heterocycles. The Kier molecular flexibility index (Phi) is 7.54. The van der Waals surface area contributed by atoms with Gasteiger partial charge in [0.15, 0.2) is 17.0 Å². The van der Waals surface area contributed by atoms with E-state index in [2.05, 4.69) is 14.9 Å². The van der Waals surface area contributed by atoms with Crippen LogP contribution in [0.15, 0.2) is 102 Å². The summed E-state index contributed by atoms with van der Waals surface area (Å²) in [5, 5.41) is 0.999. The van der Waals surface area contributed by atoms with Crippen LogP contribution < -0.4 is 18.7 Å². The minimum atomic E-state index is -4.49. The van der Waals surface area contributed by atoms with Crippen molar-refractivity contribution in [1.82, 2.24) is 14.9 Å². The first-order valence-corrected chi connectivity index (χ1v) is 16.5. The zero-order chi connectivity index (χ0) is 32.1. The van der Waals surface area contributed by atoms with Crippen molar-refractivity contribution in [2.24, 2.45) is 0 Å². The van der Waals surface area contributed by atoms with Crippen LogP contribution in [0, 0.1) is 0 Å². The number of hydrogen-bond donors (Lipinski definition) is 0. The van der Waals surface area contributed by atoms with Gasteiger partial charge < -0.3 is 14.4 Å². The predicted octanol–water partition coefficient (Wildman–Crippen LogP) is 5.10. The summed E-state index contributed by atoms with van der Waals surface area (Å²) in [4.78, 5) is 28.1. The third-order valence-corrected chi connectivity index (χ3v) is 10.7. The summed E-state index contributed by atoms with van der Waals surface area (Å²) in [5.41, 5.74) is 0.755. The Labute approximate surface area is 271 Å². The van der Waals surface area contributed by atoms with E-state index in [9.17, 15) is 8.42 Å². The molecule has 2 aliphatic rings. The summed E-state index contributed by atoms with van der Waals surface area (Å²) in [6, 6.07) is 22.5. The van der Waals surface area contributed by atoms with Gasteiger partial charge in [0.25, 0.3) is 15.9 Å². The number of ether oxygens (including phenoxy) is 2. The highest BCUT2D eigenvalue weighted by Gasteiger charge is 2.61. The van der Waals surface area contributed by atoms with Gasteiger partial charge in [-0.1, -0.05) is 41.9 Å². The Morgan fingerprint density at radius 3 is 2.30 bits per heavy atom. The molecule has 0 N–H and O–H groups in total. The summed E-state index contributed by atoms with van der Waals surface area (Å²) in [6.45, 7) is 1.98. The Balaban J connectivity index is 1.46. The van der Waals surface area contributed by atoms with Gasteiger partial charge in [-0.05, 0) is 48.5 Å². The first-order valence-electron chi connectivity index (χ1n) is 14.7. The number of amides is 1. The highest BCUT2D eigenvalue weighted by atomic mass is 35.5. The molecule has 2 aromatic heterocycles. The van der Waals surface area contributed by atoms with Gasteiger partial charge in [-0.25, -0.2) is 12.7 Å². The number of fused-ring (bicyclic) bond motifs is 2. The lowest BCUT2D eigenvalue weighted by atomic mass is 9.80. The van der Waals surface area contributed by atoms with E-state index in [1.807, 2.05) is 17.0 Å². The molecular formula is C34H30ClN5O5S. The molecule has 0 aliphatic carbocycles. The third kappa shape index (κ3) is 4.49. The summed E-state index contributed by atoms with van der Waals surface area (Å²) in [5.74, 6) is 0.0688. The number of halogens is 1. The monoisotopic (exact) mass is 655 g/mol. The molecule has 1 atom stereocenters. The Morgan fingerprint density at radius 2 is 1.57 bits per heavy atom. The highest BCUT2D eigenvalue weighted by molar-refractivity contribution is 7.93. The SMILES string of the molecule is COc1cccc(C2(N3CCN(c4ccncc4)CC3)C(=O)N(S(=O)(=O)c3cccc4cccnc34)c3ccc(Cl)cc32)c1OC. The van der Waals surface area contributed by atoms with E-state index in [4.69, 9.17) is 21.1 Å². The number of pyridine rings is 2. The first kappa shape index (κ1) is 30.0. The summed E-state index contributed by atoms with van der Waals surface area (Å²) in [6.07, 6.45) is 5.02. The van der Waals surface area contributed by atoms with Gasteiger partial charge in [0.05, 0.1) is 25.4 Å². The molecule has 12 heteroatoms. The van der Waals surface area contributed by atoms with Crippen molar-refractivity contribution in [3.8, 4) is 11.5 Å². The second kappa shape index (κ2) is 11.6. The van der Waals surface area contributed by atoms with Crippen molar-refractivity contribution >= 4 is 49.8 Å². The predicted molar refractivity (Wildman–Crippen MR) is 176 cm³/mol. The molecule has 1 amide bonds. The second-order valence-corrected chi connectivity index (χ2v) is 13.2. The Morgan fingerprint density at radius 1 is 0.826 bits per heavy atom. The first-order chi connectivity index (χ1) is 22.3. The fourth-order valence-corrected chi connectivity index (χ4v) is 8.53. The van der Waals surface area contributed by atoms with Crippen molar-refractivity contribution in [1.29, 1.82) is 0 Å². The number of hydrogen-bond acceptors (Lipinski definition) is 9. The Hall–Kier alpha value is -4.71. The van der Waals surface area contributed by atoms with E-state index in [0.29, 0.717) is 59.2 Å². The molecule has 7 rings (SSSR count). The molecule has 0 radical (unpaired) electrons. The van der Waals surface area contributed by atoms with E-state index < -0.39 is 21.5 Å². The number of nitrogens with zero attached hydrogens (tertiary/aromatic N) is 5. The van der Waals surface area contributed by atoms with E-state index >= 15 is 4.79 Å². The molecule has 3 aromatic carbocycles. The van der Waals surface area contributed by atoms with Crippen LogP contribution in [0.25, 0.3) is 10.9 Å². The lowest BCUT2D eigenvalue weighted by molar-refractivity contribution is -0.127. The van der Waals surface area contributed by atoms with Crippen LogP contribution in [0.2, 0.25) is 5.02 Å². The molecule has 234 valence electrons. The van der Waals surface area contributed by atoms with Crippen LogP contribution >= 0.6 is 11.6 Å². The minimum Gasteiger partial charge on any atom is -0.493 e. The molecule has 1 saturated heterocycles. The number of methoxy groups -OCH3 is 2. The largest absolute Gasteiger partial charge is 0.493 e. The fourth-order valence-electron chi connectivity index (χ4n) is 6.73. The van der Waals surface area contributed by atoms with Gasteiger partial charge in [0, 0.05) is 72.0 Å². The van der Waals surface area contributed by atoms with Crippen molar-refractivity contribution in [3.05, 3.63) is 114 Å². The zero-order valence-electron chi connectivity index (χ0n) is 25.1. The average molecular weight is 656 g/mol. The fraction of sp³-hybridized carbons (Fsp3) is 0.206. The van der Waals surface area contributed by atoms with Crippen molar-refractivity contribution in [2.45, 2.75) is 10.4 Å². The molecule has 5 aromatic rings. The third-order valence-electron chi connectivity index (χ3n) is 8.75. The van der Waals surface area contributed by atoms with Crippen LogP contribution in [0.4, 0.5) is 11.4 Å². The van der Waals surface area contributed by atoms with E-state index in [-0.39, 0.29) is 16.1 Å². The summed E-state index contributed by atoms with van der Waals surface area (Å²) < 4.78 is 42.0. The molecular weight excluding hydrogens is 626 g/mol. The molecule has 0 bridgehead atoms. The van der Waals surface area contributed by atoms with Gasteiger partial charge >= 0.3 is 0 Å². The van der Waals surface area contributed by atoms with Crippen molar-refractivity contribution in [2.75, 3.05) is 49.6 Å². The summed E-state index contributed by atoms with van der Waals surface area (Å²) in [7, 11) is -1.46. The number of sulfonamides is 1. The topological polar surface area (TPSA) is 105 Å². The number of rotatable bonds is 7. The van der Waals surface area contributed by atoms with Crippen LogP contribution in [-0.4, -0.2) is 69.6 Å². The quantitative estimate of drug-likeness (QED) is 0.237. The number of carbonyl (C=O) groups excluding carboxylic acids is 1. The standard InChI is InChI=1S/C34H30ClN5O5S/c1-44-29-9-4-8-26(32(29)45-2)34(39-20-18-38(19-21-39)25-13-16-36-17-14-25)27-22-24(35)11-12-28(27)40(33(34)41)46(42,43)30-10-3-6-23-7-5-15-37-31(23)30/h3-17,22H,18-21H2,1-2H3. The molecule has 46 heavy (non-hydrogen) atoms. The van der Waals surface area contributed by atoms with Gasteiger partial charge in [0.1, 0.15) is 4.90 Å². The highest BCUT2D eigenvalue weighted by Crippen LogP contribution is 2.54. The Bertz CT molecular complexity index is 2070. The van der Waals surface area contributed by atoms with Crippen LogP contribution in [0.5, 0.6) is 11.5 Å². The zero-order valence-corrected chi connectivity index (χ0v) is 26.7. The number of piperazine rings is 1. The minimum absolute atomic E-state index is 0.0734.